The number of nitrogens with zero attached hydrogens (tertiary/aromatic N) is 3. The lowest BCUT2D eigenvalue weighted by molar-refractivity contribution is -0.169. The zero-order chi connectivity index (χ0) is 25.1. The predicted molar refractivity (Wildman–Crippen MR) is 123 cm³/mol. The Labute approximate surface area is 200 Å². The molecule has 0 aromatic rings. The fourth-order valence-corrected chi connectivity index (χ4v) is 4.31. The maximum absolute atomic E-state index is 12.3. The summed E-state index contributed by atoms with van der Waals surface area (Å²) in [5.41, 5.74) is -1.81. The van der Waals surface area contributed by atoms with Gasteiger partial charge in [-0.1, -0.05) is 0 Å². The third kappa shape index (κ3) is 7.96. The molecule has 2 heterocycles. The van der Waals surface area contributed by atoms with Crippen LogP contribution in [0, 0.1) is 5.41 Å². The third-order valence-corrected chi connectivity index (χ3v) is 6.83. The molecule has 2 aliphatic heterocycles. The van der Waals surface area contributed by atoms with Crippen LogP contribution < -0.4 is 5.32 Å². The van der Waals surface area contributed by atoms with Crippen molar-refractivity contribution in [2.75, 3.05) is 52.9 Å². The number of carbonyl (C=O) groups excluding carboxylic acids is 3. The summed E-state index contributed by atoms with van der Waals surface area (Å²) in [6, 6.07) is 0. The van der Waals surface area contributed by atoms with E-state index in [0.717, 1.165) is 39.0 Å². The molecule has 0 spiro atoms. The smallest absolute Gasteiger partial charge is 0.321 e. The van der Waals surface area contributed by atoms with Crippen LogP contribution in [0.15, 0.2) is 0 Å². The van der Waals surface area contributed by atoms with Crippen LogP contribution >= 0.6 is 0 Å². The van der Waals surface area contributed by atoms with E-state index in [1.165, 1.54) is 4.90 Å². The van der Waals surface area contributed by atoms with Gasteiger partial charge < -0.3 is 30.2 Å². The largest absolute Gasteiger partial charge is 0.480 e. The normalized spacial score (nSPS) is 18.4. The van der Waals surface area contributed by atoms with Gasteiger partial charge in [0.2, 0.25) is 17.7 Å². The summed E-state index contributed by atoms with van der Waals surface area (Å²) in [4.78, 5) is 64.8. The Balaban J connectivity index is 1.51. The summed E-state index contributed by atoms with van der Waals surface area (Å²) < 4.78 is 0. The topological polar surface area (TPSA) is 148 Å². The predicted octanol–water partition coefficient (Wildman–Crippen LogP) is 0.385. The van der Waals surface area contributed by atoms with Crippen LogP contribution in [0.2, 0.25) is 0 Å². The number of nitrogens with one attached hydrogen (secondary N) is 1. The third-order valence-electron chi connectivity index (χ3n) is 6.83. The average Bonchev–Trinajstić information content (AvgIpc) is 2.81. The summed E-state index contributed by atoms with van der Waals surface area (Å²) in [5, 5.41) is 21.3. The lowest BCUT2D eigenvalue weighted by Crippen LogP contribution is -2.50. The highest BCUT2D eigenvalue weighted by atomic mass is 16.4. The first-order chi connectivity index (χ1) is 16.2. The molecular formula is C23H38N4O7. The number of likely N-dealkylation sites (N-methyl/N-ethyl adjacent to an activating group) is 1. The van der Waals surface area contributed by atoms with Crippen LogP contribution in [0.1, 0.15) is 57.8 Å². The van der Waals surface area contributed by atoms with Crippen molar-refractivity contribution in [2.45, 2.75) is 57.8 Å². The molecule has 2 fully saturated rings. The maximum Gasteiger partial charge on any atom is 0.321 e. The van der Waals surface area contributed by atoms with Crippen molar-refractivity contribution in [1.82, 2.24) is 20.0 Å². The van der Waals surface area contributed by atoms with E-state index < -0.39 is 17.4 Å². The van der Waals surface area contributed by atoms with Gasteiger partial charge in [0.1, 0.15) is 0 Å². The number of carboxylic acids is 2. The number of likely N-dealkylation sites (tertiary alicyclic amines) is 1. The molecule has 2 saturated heterocycles. The van der Waals surface area contributed by atoms with Crippen LogP contribution in [-0.2, 0) is 24.0 Å². The molecule has 0 aliphatic carbocycles. The minimum Gasteiger partial charge on any atom is -0.480 e. The van der Waals surface area contributed by atoms with Gasteiger partial charge in [-0.3, -0.25) is 24.0 Å². The van der Waals surface area contributed by atoms with Crippen molar-refractivity contribution in [2.24, 2.45) is 5.41 Å². The molecule has 0 aromatic heterocycles. The lowest BCUT2D eigenvalue weighted by atomic mass is 9.78. The Hall–Kier alpha value is -2.69. The van der Waals surface area contributed by atoms with E-state index in [1.54, 1.807) is 0 Å². The van der Waals surface area contributed by atoms with Crippen molar-refractivity contribution < 1.29 is 34.2 Å². The van der Waals surface area contributed by atoms with Crippen LogP contribution in [0.4, 0.5) is 0 Å². The molecule has 0 aromatic carbocycles. The van der Waals surface area contributed by atoms with Gasteiger partial charge in [-0.05, 0) is 45.6 Å². The summed E-state index contributed by atoms with van der Waals surface area (Å²) >= 11 is 0. The van der Waals surface area contributed by atoms with Gasteiger partial charge in [-0.2, -0.15) is 0 Å². The van der Waals surface area contributed by atoms with Crippen LogP contribution in [0.25, 0.3) is 0 Å². The van der Waals surface area contributed by atoms with Crippen molar-refractivity contribution >= 4 is 29.7 Å². The zero-order valence-corrected chi connectivity index (χ0v) is 20.1. The van der Waals surface area contributed by atoms with E-state index in [0.29, 0.717) is 32.2 Å². The second kappa shape index (κ2) is 13.3. The van der Waals surface area contributed by atoms with Crippen molar-refractivity contribution in [3.63, 3.8) is 0 Å². The molecule has 0 bridgehead atoms. The molecule has 3 amide bonds. The lowest BCUT2D eigenvalue weighted by Gasteiger charge is -2.36. The van der Waals surface area contributed by atoms with Gasteiger partial charge >= 0.3 is 11.9 Å². The van der Waals surface area contributed by atoms with E-state index in [4.69, 9.17) is 0 Å². The molecule has 0 saturated carbocycles. The number of amides is 3. The minimum atomic E-state index is -1.81. The van der Waals surface area contributed by atoms with Gasteiger partial charge in [0, 0.05) is 65.1 Å². The van der Waals surface area contributed by atoms with Crippen LogP contribution in [0.3, 0.4) is 0 Å². The Morgan fingerprint density at radius 1 is 0.706 bits per heavy atom. The Kier molecular flexibility index (Phi) is 10.7. The quantitative estimate of drug-likeness (QED) is 0.267. The number of piperidine rings is 1. The molecular weight excluding hydrogens is 444 g/mol. The SMILES string of the molecule is CN1CCN(C(=O)CCCCNC(=O)CCCCC(=O)N2CCC(C(=O)O)(C(=O)O)CC2)CC1. The molecule has 0 radical (unpaired) electrons. The zero-order valence-electron chi connectivity index (χ0n) is 20.1. The van der Waals surface area contributed by atoms with E-state index in [1.807, 2.05) is 11.9 Å². The van der Waals surface area contributed by atoms with Gasteiger partial charge in [0.15, 0.2) is 5.41 Å². The summed E-state index contributed by atoms with van der Waals surface area (Å²) in [5.74, 6) is -2.77. The van der Waals surface area contributed by atoms with E-state index in [9.17, 15) is 34.2 Å². The number of hydrogen-bond acceptors (Lipinski definition) is 6. The number of rotatable bonds is 12. The highest BCUT2D eigenvalue weighted by Crippen LogP contribution is 2.32. The number of carbonyl (C=O) groups is 5. The molecule has 0 atom stereocenters. The van der Waals surface area contributed by atoms with Crippen LogP contribution in [-0.4, -0.2) is 107 Å². The van der Waals surface area contributed by atoms with E-state index in [2.05, 4.69) is 10.2 Å². The molecule has 3 N–H and O–H groups in total. The van der Waals surface area contributed by atoms with E-state index in [-0.39, 0.29) is 50.1 Å². The van der Waals surface area contributed by atoms with Crippen LogP contribution in [0.5, 0.6) is 0 Å². The number of piperazine rings is 1. The maximum atomic E-state index is 12.3. The number of hydrogen-bond donors (Lipinski definition) is 3. The molecule has 2 aliphatic rings. The van der Waals surface area contributed by atoms with Gasteiger partial charge in [-0.15, -0.1) is 0 Å². The molecule has 192 valence electrons. The molecule has 34 heavy (non-hydrogen) atoms. The van der Waals surface area contributed by atoms with Gasteiger partial charge in [-0.25, -0.2) is 0 Å². The molecule has 11 nitrogen and oxygen atoms in total. The Bertz CT molecular complexity index is 726. The van der Waals surface area contributed by atoms with Crippen molar-refractivity contribution in [3.05, 3.63) is 0 Å². The number of unbranched alkanes of at least 4 members (excludes halogenated alkanes) is 2. The second-order valence-electron chi connectivity index (χ2n) is 9.27. The van der Waals surface area contributed by atoms with Gasteiger partial charge in [0.25, 0.3) is 0 Å². The average molecular weight is 483 g/mol. The minimum absolute atomic E-state index is 0.0801. The number of aliphatic carboxylic acids is 2. The Morgan fingerprint density at radius 3 is 1.71 bits per heavy atom. The Morgan fingerprint density at radius 2 is 1.18 bits per heavy atom. The summed E-state index contributed by atoms with van der Waals surface area (Å²) in [6.07, 6.45) is 3.42. The monoisotopic (exact) mass is 482 g/mol. The molecule has 11 heteroatoms. The number of carboxylic acid groups (broad SMARTS) is 2. The molecule has 2 rings (SSSR count). The van der Waals surface area contributed by atoms with Crippen molar-refractivity contribution in [1.29, 1.82) is 0 Å². The summed E-state index contributed by atoms with van der Waals surface area (Å²) in [6.45, 7) is 4.10. The first-order valence-corrected chi connectivity index (χ1v) is 12.1. The van der Waals surface area contributed by atoms with Gasteiger partial charge in [0.05, 0.1) is 0 Å². The first-order valence-electron chi connectivity index (χ1n) is 12.1. The fourth-order valence-electron chi connectivity index (χ4n) is 4.31. The van der Waals surface area contributed by atoms with E-state index >= 15 is 0 Å². The highest BCUT2D eigenvalue weighted by molar-refractivity contribution is 5.98. The summed E-state index contributed by atoms with van der Waals surface area (Å²) in [7, 11) is 2.05. The first kappa shape index (κ1) is 27.6. The second-order valence-corrected chi connectivity index (χ2v) is 9.27. The fraction of sp³-hybridized carbons (Fsp3) is 0.783. The standard InChI is InChI=1S/C23H38N4O7/c1-25-14-16-27(17-15-25)20(30)8-4-5-11-24-18(28)6-2-3-7-19(29)26-12-9-23(10-13-26,21(31)32)22(33)34/h2-17H2,1H3,(H,24,28)(H,31,32)(H,33,34). The molecule has 0 unspecified atom stereocenters. The highest BCUT2D eigenvalue weighted by Gasteiger charge is 2.49. The van der Waals surface area contributed by atoms with Crippen molar-refractivity contribution in [3.8, 4) is 0 Å².